The molecule has 134 valence electrons. The number of rotatable bonds is 6. The first-order chi connectivity index (χ1) is 12.6. The molecule has 26 heavy (non-hydrogen) atoms. The number of thiophene rings is 1. The van der Waals surface area contributed by atoms with Gasteiger partial charge in [0.2, 0.25) is 5.91 Å². The summed E-state index contributed by atoms with van der Waals surface area (Å²) in [6.45, 7) is 3.14. The molecule has 0 saturated heterocycles. The highest BCUT2D eigenvalue weighted by molar-refractivity contribution is 7.18. The highest BCUT2D eigenvalue weighted by Crippen LogP contribution is 2.32. The lowest BCUT2D eigenvalue weighted by molar-refractivity contribution is -0.117. The number of carbonyl (C=O) groups excluding carboxylic acids is 2. The summed E-state index contributed by atoms with van der Waals surface area (Å²) in [7, 11) is 0. The second-order valence-corrected chi connectivity index (χ2v) is 7.75. The highest BCUT2D eigenvalue weighted by atomic mass is 32.1. The van der Waals surface area contributed by atoms with Gasteiger partial charge in [-0.3, -0.25) is 9.59 Å². The number of benzene rings is 1. The Morgan fingerprint density at radius 3 is 2.77 bits per heavy atom. The third-order valence-corrected chi connectivity index (χ3v) is 5.52. The number of hydrogen-bond acceptors (Lipinski definition) is 3. The number of aromatic nitrogens is 1. The number of fused-ring (bicyclic) bond motifs is 1. The maximum atomic E-state index is 12.5. The second kappa shape index (κ2) is 6.96. The van der Waals surface area contributed by atoms with Crippen molar-refractivity contribution in [3.63, 3.8) is 0 Å². The molecule has 0 spiro atoms. The van der Waals surface area contributed by atoms with E-state index in [0.29, 0.717) is 4.88 Å². The first-order valence-corrected chi connectivity index (χ1v) is 9.76. The van der Waals surface area contributed by atoms with Crippen LogP contribution in [0.15, 0.2) is 42.6 Å². The number of aryl methyl sites for hydroxylation is 1. The number of anilines is 2. The highest BCUT2D eigenvalue weighted by Gasteiger charge is 2.29. The van der Waals surface area contributed by atoms with Gasteiger partial charge in [-0.2, -0.15) is 0 Å². The van der Waals surface area contributed by atoms with Crippen LogP contribution in [0.3, 0.4) is 0 Å². The maximum absolute atomic E-state index is 12.5. The van der Waals surface area contributed by atoms with Gasteiger partial charge in [-0.05, 0) is 55.7 Å². The first kappa shape index (κ1) is 16.8. The van der Waals surface area contributed by atoms with Crippen molar-refractivity contribution < 1.29 is 9.59 Å². The van der Waals surface area contributed by atoms with Gasteiger partial charge in [-0.1, -0.05) is 6.92 Å². The molecule has 0 bridgehead atoms. The molecule has 0 radical (unpaired) electrons. The molecule has 1 aliphatic carbocycles. The molecule has 4 rings (SSSR count). The lowest BCUT2D eigenvalue weighted by atomic mass is 10.2. The molecule has 2 amide bonds. The van der Waals surface area contributed by atoms with E-state index in [4.69, 9.17) is 0 Å². The van der Waals surface area contributed by atoms with E-state index in [1.807, 2.05) is 18.2 Å². The molecule has 1 aromatic carbocycles. The Balaban J connectivity index is 1.45. The molecule has 0 aliphatic heterocycles. The van der Waals surface area contributed by atoms with Gasteiger partial charge in [0.25, 0.3) is 5.91 Å². The number of nitrogens with one attached hydrogen (secondary N) is 2. The Labute approximate surface area is 156 Å². The number of hydrogen-bond donors (Lipinski definition) is 2. The van der Waals surface area contributed by atoms with Crippen molar-refractivity contribution in [2.45, 2.75) is 32.7 Å². The van der Waals surface area contributed by atoms with Crippen molar-refractivity contribution >= 4 is 44.7 Å². The van der Waals surface area contributed by atoms with E-state index in [1.54, 1.807) is 12.1 Å². The summed E-state index contributed by atoms with van der Waals surface area (Å²) in [5.41, 5.74) is 1.94. The van der Waals surface area contributed by atoms with Gasteiger partial charge in [0.15, 0.2) is 0 Å². The predicted molar refractivity (Wildman–Crippen MR) is 106 cm³/mol. The zero-order chi connectivity index (χ0) is 18.1. The number of nitrogens with zero attached hydrogens (tertiary/aromatic N) is 1. The van der Waals surface area contributed by atoms with Crippen LogP contribution in [-0.2, 0) is 11.3 Å². The van der Waals surface area contributed by atoms with Crippen LogP contribution in [0.4, 0.5) is 10.7 Å². The van der Waals surface area contributed by atoms with Crippen LogP contribution in [0.2, 0.25) is 0 Å². The molecule has 3 aromatic rings. The number of amides is 2. The minimum Gasteiger partial charge on any atom is -0.347 e. The quantitative estimate of drug-likeness (QED) is 0.662. The Morgan fingerprint density at radius 2 is 2.00 bits per heavy atom. The average Bonchev–Trinajstić information content (AvgIpc) is 3.26. The molecule has 2 heterocycles. The summed E-state index contributed by atoms with van der Waals surface area (Å²) >= 11 is 1.30. The van der Waals surface area contributed by atoms with Gasteiger partial charge < -0.3 is 15.2 Å². The fraction of sp³-hybridized carbons (Fsp3) is 0.300. The average molecular weight is 367 g/mol. The van der Waals surface area contributed by atoms with Crippen LogP contribution < -0.4 is 10.6 Å². The molecule has 0 unspecified atom stereocenters. The minimum atomic E-state index is -0.158. The first-order valence-electron chi connectivity index (χ1n) is 8.95. The van der Waals surface area contributed by atoms with Crippen LogP contribution in [0, 0.1) is 5.92 Å². The third-order valence-electron chi connectivity index (χ3n) is 4.52. The molecule has 5 nitrogen and oxygen atoms in total. The van der Waals surface area contributed by atoms with E-state index in [2.05, 4.69) is 34.4 Å². The number of carbonyl (C=O) groups is 2. The van der Waals surface area contributed by atoms with E-state index in [1.165, 1.54) is 16.9 Å². The van der Waals surface area contributed by atoms with Crippen LogP contribution in [-0.4, -0.2) is 16.4 Å². The van der Waals surface area contributed by atoms with Crippen LogP contribution in [0.1, 0.15) is 35.9 Å². The standard InChI is InChI=1S/C20H21N3O2S/c1-2-10-23-11-9-14-12-15(5-6-16(14)23)21-20(25)17-7-8-18(26-17)22-19(24)13-3-4-13/h5-9,11-13H,2-4,10H2,1H3,(H,21,25)(H,22,24). The summed E-state index contributed by atoms with van der Waals surface area (Å²) in [6.07, 6.45) is 5.09. The van der Waals surface area contributed by atoms with Crippen LogP contribution >= 0.6 is 11.3 Å². The summed E-state index contributed by atoms with van der Waals surface area (Å²) < 4.78 is 2.22. The molecule has 2 aromatic heterocycles. The minimum absolute atomic E-state index is 0.0563. The monoisotopic (exact) mass is 367 g/mol. The van der Waals surface area contributed by atoms with Crippen molar-refractivity contribution in [1.82, 2.24) is 4.57 Å². The fourth-order valence-electron chi connectivity index (χ4n) is 3.00. The topological polar surface area (TPSA) is 63.1 Å². The van der Waals surface area contributed by atoms with Gasteiger partial charge in [-0.25, -0.2) is 0 Å². The second-order valence-electron chi connectivity index (χ2n) is 6.66. The summed E-state index contributed by atoms with van der Waals surface area (Å²) in [6, 6.07) is 11.6. The maximum Gasteiger partial charge on any atom is 0.265 e. The molecule has 2 N–H and O–H groups in total. The predicted octanol–water partition coefficient (Wildman–Crippen LogP) is 4.71. The molecule has 1 aliphatic rings. The molecule has 1 fully saturated rings. The van der Waals surface area contributed by atoms with Gasteiger partial charge in [0.1, 0.15) is 0 Å². The SMILES string of the molecule is CCCn1ccc2cc(NC(=O)c3ccc(NC(=O)C4CC4)s3)ccc21. The fourth-order valence-corrected chi connectivity index (χ4v) is 3.81. The van der Waals surface area contributed by atoms with Crippen LogP contribution in [0.25, 0.3) is 10.9 Å². The zero-order valence-electron chi connectivity index (χ0n) is 14.6. The van der Waals surface area contributed by atoms with Crippen molar-refractivity contribution in [1.29, 1.82) is 0 Å². The van der Waals surface area contributed by atoms with Gasteiger partial charge in [0, 0.05) is 35.2 Å². The van der Waals surface area contributed by atoms with Crippen molar-refractivity contribution in [3.8, 4) is 0 Å². The smallest absolute Gasteiger partial charge is 0.265 e. The van der Waals surface area contributed by atoms with E-state index < -0.39 is 0 Å². The van der Waals surface area contributed by atoms with E-state index >= 15 is 0 Å². The third kappa shape index (κ3) is 3.51. The molecular weight excluding hydrogens is 346 g/mol. The molecule has 6 heteroatoms. The van der Waals surface area contributed by atoms with E-state index in [9.17, 15) is 9.59 Å². The van der Waals surface area contributed by atoms with Gasteiger partial charge >= 0.3 is 0 Å². The molecule has 0 atom stereocenters. The van der Waals surface area contributed by atoms with Crippen molar-refractivity contribution in [2.24, 2.45) is 5.92 Å². The lowest BCUT2D eigenvalue weighted by Crippen LogP contribution is -2.12. The molecular formula is C20H21N3O2S. The van der Waals surface area contributed by atoms with Crippen LogP contribution in [0.5, 0.6) is 0 Å². The normalized spacial score (nSPS) is 13.7. The summed E-state index contributed by atoms with van der Waals surface area (Å²) in [5, 5.41) is 7.65. The Hall–Kier alpha value is -2.60. The van der Waals surface area contributed by atoms with E-state index in [-0.39, 0.29) is 17.7 Å². The Morgan fingerprint density at radius 1 is 1.15 bits per heavy atom. The van der Waals surface area contributed by atoms with Gasteiger partial charge in [0.05, 0.1) is 9.88 Å². The van der Waals surface area contributed by atoms with E-state index in [0.717, 1.165) is 41.9 Å². The largest absolute Gasteiger partial charge is 0.347 e. The Kier molecular flexibility index (Phi) is 4.51. The van der Waals surface area contributed by atoms with Crippen molar-refractivity contribution in [3.05, 3.63) is 47.5 Å². The van der Waals surface area contributed by atoms with Crippen molar-refractivity contribution in [2.75, 3.05) is 10.6 Å². The molecule has 1 saturated carbocycles. The van der Waals surface area contributed by atoms with Gasteiger partial charge in [-0.15, -0.1) is 11.3 Å². The zero-order valence-corrected chi connectivity index (χ0v) is 15.4. The summed E-state index contributed by atoms with van der Waals surface area (Å²) in [5.74, 6) is 0.0521. The Bertz CT molecular complexity index is 969. The summed E-state index contributed by atoms with van der Waals surface area (Å²) in [4.78, 5) is 24.9. The lowest BCUT2D eigenvalue weighted by Gasteiger charge is -2.06.